The highest BCUT2D eigenvalue weighted by Crippen LogP contribution is 2.18. The van der Waals surface area contributed by atoms with Crippen LogP contribution in [0.2, 0.25) is 0 Å². The Morgan fingerprint density at radius 2 is 2.27 bits per heavy atom. The fourth-order valence-electron chi connectivity index (χ4n) is 2.25. The third kappa shape index (κ3) is 4.16. The van der Waals surface area contributed by atoms with Crippen LogP contribution in [0.5, 0.6) is 0 Å². The largest absolute Gasteiger partial charge is 0.463 e. The van der Waals surface area contributed by atoms with E-state index in [9.17, 15) is 9.90 Å². The molecule has 0 bridgehead atoms. The van der Waals surface area contributed by atoms with Gasteiger partial charge in [-0.1, -0.05) is 6.07 Å². The molecule has 0 unspecified atom stereocenters. The molecule has 6 heteroatoms. The minimum atomic E-state index is -0.482. The second-order valence-electron chi connectivity index (χ2n) is 5.01. The van der Waals surface area contributed by atoms with E-state index in [4.69, 9.17) is 4.42 Å². The number of methoxy groups -OCH3 is 1. The maximum Gasteiger partial charge on any atom is 0.374 e. The number of ether oxygens (including phenoxy) is 1. The smallest absolute Gasteiger partial charge is 0.374 e. The van der Waals surface area contributed by atoms with Gasteiger partial charge < -0.3 is 14.3 Å². The molecular weight excluding hydrogens is 284 g/mol. The number of aliphatic hydroxyl groups is 1. The SMILES string of the molecule is COC(=O)c1oc(CN(CCO)Cc2cccnc2)cc1C. The summed E-state index contributed by atoms with van der Waals surface area (Å²) >= 11 is 0. The molecule has 22 heavy (non-hydrogen) atoms. The average molecular weight is 304 g/mol. The number of hydrogen-bond acceptors (Lipinski definition) is 6. The molecule has 1 N–H and O–H groups in total. The molecule has 0 aromatic carbocycles. The van der Waals surface area contributed by atoms with Crippen molar-refractivity contribution in [3.8, 4) is 0 Å². The first-order chi connectivity index (χ1) is 10.6. The van der Waals surface area contributed by atoms with Crippen LogP contribution < -0.4 is 0 Å². The molecule has 0 radical (unpaired) electrons. The maximum absolute atomic E-state index is 11.6. The van der Waals surface area contributed by atoms with E-state index in [-0.39, 0.29) is 12.4 Å². The number of aliphatic hydroxyl groups excluding tert-OH is 1. The van der Waals surface area contributed by atoms with Gasteiger partial charge in [-0.3, -0.25) is 9.88 Å². The molecule has 2 aromatic rings. The molecule has 0 spiro atoms. The van der Waals surface area contributed by atoms with Crippen molar-refractivity contribution in [2.75, 3.05) is 20.3 Å². The van der Waals surface area contributed by atoms with Gasteiger partial charge >= 0.3 is 5.97 Å². The summed E-state index contributed by atoms with van der Waals surface area (Å²) < 4.78 is 10.3. The molecule has 0 aliphatic carbocycles. The van der Waals surface area contributed by atoms with Crippen LogP contribution in [0.1, 0.15) is 27.4 Å². The van der Waals surface area contributed by atoms with Gasteiger partial charge in [-0.15, -0.1) is 0 Å². The Balaban J connectivity index is 2.09. The zero-order valence-corrected chi connectivity index (χ0v) is 12.8. The monoisotopic (exact) mass is 304 g/mol. The lowest BCUT2D eigenvalue weighted by atomic mass is 10.2. The van der Waals surface area contributed by atoms with Crippen LogP contribution in [0.4, 0.5) is 0 Å². The summed E-state index contributed by atoms with van der Waals surface area (Å²) in [6.45, 7) is 3.48. The molecule has 2 rings (SSSR count). The fourth-order valence-corrected chi connectivity index (χ4v) is 2.25. The lowest BCUT2D eigenvalue weighted by molar-refractivity contribution is 0.0559. The average Bonchev–Trinajstić information content (AvgIpc) is 2.88. The number of nitrogens with zero attached hydrogens (tertiary/aromatic N) is 2. The minimum absolute atomic E-state index is 0.0454. The molecular formula is C16H20N2O4. The highest BCUT2D eigenvalue weighted by Gasteiger charge is 2.17. The van der Waals surface area contributed by atoms with E-state index in [0.29, 0.717) is 25.4 Å². The first kappa shape index (κ1) is 16.2. The number of carbonyl (C=O) groups is 1. The Bertz CT molecular complexity index is 610. The molecule has 0 saturated carbocycles. The molecule has 0 aliphatic rings. The molecule has 2 heterocycles. The molecule has 0 atom stereocenters. The van der Waals surface area contributed by atoms with Gasteiger partial charge in [0.05, 0.1) is 20.3 Å². The van der Waals surface area contributed by atoms with Crippen LogP contribution in [0, 0.1) is 6.92 Å². The summed E-state index contributed by atoms with van der Waals surface area (Å²) in [7, 11) is 1.32. The summed E-state index contributed by atoms with van der Waals surface area (Å²) in [6, 6.07) is 5.67. The van der Waals surface area contributed by atoms with Crippen molar-refractivity contribution in [1.29, 1.82) is 0 Å². The Hall–Kier alpha value is -2.18. The lowest BCUT2D eigenvalue weighted by Crippen LogP contribution is -2.25. The summed E-state index contributed by atoms with van der Waals surface area (Å²) in [6.07, 6.45) is 3.51. The third-order valence-corrected chi connectivity index (χ3v) is 3.26. The molecule has 0 amide bonds. The van der Waals surface area contributed by atoms with Gasteiger partial charge in [-0.2, -0.15) is 0 Å². The number of furan rings is 1. The van der Waals surface area contributed by atoms with Crippen molar-refractivity contribution >= 4 is 5.97 Å². The third-order valence-electron chi connectivity index (χ3n) is 3.26. The van der Waals surface area contributed by atoms with Gasteiger partial charge in [0.25, 0.3) is 0 Å². The number of pyridine rings is 1. The van der Waals surface area contributed by atoms with Crippen LogP contribution >= 0.6 is 0 Å². The van der Waals surface area contributed by atoms with Crippen molar-refractivity contribution in [3.05, 3.63) is 53.2 Å². The number of rotatable bonds is 7. The predicted octanol–water partition coefficient (Wildman–Crippen LogP) is 1.76. The zero-order chi connectivity index (χ0) is 15.9. The number of hydrogen-bond donors (Lipinski definition) is 1. The topological polar surface area (TPSA) is 75.8 Å². The van der Waals surface area contributed by atoms with Crippen molar-refractivity contribution in [1.82, 2.24) is 9.88 Å². The lowest BCUT2D eigenvalue weighted by Gasteiger charge is -2.19. The van der Waals surface area contributed by atoms with Gasteiger partial charge in [-0.05, 0) is 24.6 Å². The van der Waals surface area contributed by atoms with Crippen LogP contribution in [-0.4, -0.2) is 41.2 Å². The molecule has 6 nitrogen and oxygen atoms in total. The van der Waals surface area contributed by atoms with E-state index in [1.807, 2.05) is 23.1 Å². The minimum Gasteiger partial charge on any atom is -0.463 e. The van der Waals surface area contributed by atoms with Crippen LogP contribution in [0.25, 0.3) is 0 Å². The highest BCUT2D eigenvalue weighted by atomic mass is 16.5. The molecule has 0 saturated heterocycles. The molecule has 2 aromatic heterocycles. The molecule has 118 valence electrons. The standard InChI is InChI=1S/C16H20N2O4/c1-12-8-14(22-15(12)16(20)21-2)11-18(6-7-19)10-13-4-3-5-17-9-13/h3-5,8-9,19H,6-7,10-11H2,1-2H3. The predicted molar refractivity (Wildman–Crippen MR) is 80.2 cm³/mol. The Kier molecular flexibility index (Phi) is 5.68. The number of aromatic nitrogens is 1. The van der Waals surface area contributed by atoms with Crippen molar-refractivity contribution in [3.63, 3.8) is 0 Å². The first-order valence-electron chi connectivity index (χ1n) is 7.03. The second-order valence-corrected chi connectivity index (χ2v) is 5.01. The second kappa shape index (κ2) is 7.72. The summed E-state index contributed by atoms with van der Waals surface area (Å²) in [5.74, 6) is 0.405. The van der Waals surface area contributed by atoms with Crippen LogP contribution in [0.3, 0.4) is 0 Å². The number of carbonyl (C=O) groups excluding carboxylic acids is 1. The van der Waals surface area contributed by atoms with Crippen molar-refractivity contribution in [2.45, 2.75) is 20.0 Å². The van der Waals surface area contributed by atoms with Crippen molar-refractivity contribution < 1.29 is 19.1 Å². The molecule has 0 aliphatic heterocycles. The quantitative estimate of drug-likeness (QED) is 0.786. The highest BCUT2D eigenvalue weighted by molar-refractivity contribution is 5.87. The van der Waals surface area contributed by atoms with E-state index in [1.165, 1.54) is 7.11 Å². The molecule has 0 fully saturated rings. The maximum atomic E-state index is 11.6. The van der Waals surface area contributed by atoms with Crippen LogP contribution in [-0.2, 0) is 17.8 Å². The van der Waals surface area contributed by atoms with Crippen molar-refractivity contribution in [2.24, 2.45) is 0 Å². The number of aryl methyl sites for hydroxylation is 1. The number of esters is 1. The van der Waals surface area contributed by atoms with E-state index < -0.39 is 5.97 Å². The van der Waals surface area contributed by atoms with E-state index >= 15 is 0 Å². The summed E-state index contributed by atoms with van der Waals surface area (Å²) in [5.41, 5.74) is 1.79. The normalized spacial score (nSPS) is 10.9. The first-order valence-corrected chi connectivity index (χ1v) is 7.03. The van der Waals surface area contributed by atoms with E-state index in [1.54, 1.807) is 19.3 Å². The van der Waals surface area contributed by atoms with Gasteiger partial charge in [-0.25, -0.2) is 4.79 Å². The van der Waals surface area contributed by atoms with Gasteiger partial charge in [0.1, 0.15) is 5.76 Å². The fraction of sp³-hybridized carbons (Fsp3) is 0.375. The summed E-state index contributed by atoms with van der Waals surface area (Å²) in [4.78, 5) is 17.7. The Morgan fingerprint density at radius 1 is 1.45 bits per heavy atom. The Labute approximate surface area is 129 Å². The van der Waals surface area contributed by atoms with E-state index in [0.717, 1.165) is 11.1 Å². The van der Waals surface area contributed by atoms with Gasteiger partial charge in [0.2, 0.25) is 5.76 Å². The zero-order valence-electron chi connectivity index (χ0n) is 12.8. The Morgan fingerprint density at radius 3 is 2.91 bits per heavy atom. The van der Waals surface area contributed by atoms with Gasteiger partial charge in [0, 0.05) is 31.0 Å². The summed E-state index contributed by atoms with van der Waals surface area (Å²) in [5, 5.41) is 9.22. The van der Waals surface area contributed by atoms with E-state index in [2.05, 4.69) is 9.72 Å². The van der Waals surface area contributed by atoms with Gasteiger partial charge in [0.15, 0.2) is 0 Å². The van der Waals surface area contributed by atoms with Crippen LogP contribution in [0.15, 0.2) is 35.0 Å².